The average molecular weight is 394 g/mol. The van der Waals surface area contributed by atoms with Crippen molar-refractivity contribution >= 4 is 29.0 Å². The average Bonchev–Trinajstić information content (AvgIpc) is 3.18. The van der Waals surface area contributed by atoms with E-state index in [1.807, 2.05) is 47.8 Å². The van der Waals surface area contributed by atoms with Crippen LogP contribution in [-0.4, -0.2) is 34.0 Å². The van der Waals surface area contributed by atoms with Crippen molar-refractivity contribution in [1.82, 2.24) is 14.9 Å². The van der Waals surface area contributed by atoms with Crippen molar-refractivity contribution in [3.05, 3.63) is 59.6 Å². The number of nitrogens with zero attached hydrogens (tertiary/aromatic N) is 3. The molecule has 0 saturated carbocycles. The summed E-state index contributed by atoms with van der Waals surface area (Å²) in [6.07, 6.45) is 5.59. The van der Waals surface area contributed by atoms with Gasteiger partial charge in [-0.05, 0) is 43.6 Å². The topological polar surface area (TPSA) is 70.2 Å². The third-order valence-electron chi connectivity index (χ3n) is 4.69. The third-order valence-corrected chi connectivity index (χ3v) is 5.58. The van der Waals surface area contributed by atoms with Gasteiger partial charge in [0.15, 0.2) is 0 Å². The Hall–Kier alpha value is -2.77. The predicted molar refractivity (Wildman–Crippen MR) is 114 cm³/mol. The van der Waals surface area contributed by atoms with Crippen LogP contribution < -0.4 is 10.6 Å². The largest absolute Gasteiger partial charge is 0.326 e. The van der Waals surface area contributed by atoms with Crippen LogP contribution in [-0.2, 0) is 6.54 Å². The molecule has 2 N–H and O–H groups in total. The molecule has 0 unspecified atom stereocenters. The van der Waals surface area contributed by atoms with Crippen LogP contribution in [0.5, 0.6) is 0 Å². The molecule has 0 radical (unpaired) electrons. The van der Waals surface area contributed by atoms with Gasteiger partial charge in [-0.15, -0.1) is 11.3 Å². The number of urea groups is 1. The predicted octanol–water partition coefficient (Wildman–Crippen LogP) is 4.84. The van der Waals surface area contributed by atoms with E-state index in [0.29, 0.717) is 11.6 Å². The molecule has 2 amide bonds. The number of carbonyl (C=O) groups excluding carboxylic acids is 1. The van der Waals surface area contributed by atoms with Crippen LogP contribution in [0.15, 0.2) is 54.0 Å². The van der Waals surface area contributed by atoms with Gasteiger partial charge >= 0.3 is 6.03 Å². The first-order valence-corrected chi connectivity index (χ1v) is 10.4. The number of piperidine rings is 1. The van der Waals surface area contributed by atoms with Gasteiger partial charge in [-0.2, -0.15) is 0 Å². The molecular formula is C21H23N5OS. The number of amides is 2. The highest BCUT2D eigenvalue weighted by Gasteiger charge is 2.12. The summed E-state index contributed by atoms with van der Waals surface area (Å²) in [5.74, 6) is 1.08. The van der Waals surface area contributed by atoms with E-state index in [0.717, 1.165) is 35.8 Å². The zero-order valence-electron chi connectivity index (χ0n) is 15.6. The lowest BCUT2D eigenvalue weighted by atomic mass is 10.1. The first-order chi connectivity index (χ1) is 13.8. The number of rotatable bonds is 5. The van der Waals surface area contributed by atoms with Gasteiger partial charge in [-0.1, -0.05) is 36.8 Å². The van der Waals surface area contributed by atoms with E-state index in [1.165, 1.54) is 30.6 Å². The van der Waals surface area contributed by atoms with Gasteiger partial charge in [0.1, 0.15) is 16.6 Å². The standard InChI is InChI=1S/C21H23N5OS/c27-21(25-19-15-28-20(23-19)17-7-3-1-4-8-17)24-18-13-16(9-10-22-18)14-26-11-5-2-6-12-26/h1,3-4,7-10,13,15H,2,5-6,11-12,14H2,(H2,22,24,25,27). The number of pyridine rings is 1. The van der Waals surface area contributed by atoms with Crippen LogP contribution in [0, 0.1) is 0 Å². The normalized spacial score (nSPS) is 14.6. The van der Waals surface area contributed by atoms with E-state index in [-0.39, 0.29) is 6.03 Å². The van der Waals surface area contributed by atoms with E-state index in [1.54, 1.807) is 6.20 Å². The van der Waals surface area contributed by atoms with E-state index in [2.05, 4.69) is 25.5 Å². The number of benzene rings is 1. The number of hydrogen-bond donors (Lipinski definition) is 2. The fraction of sp³-hybridized carbons (Fsp3) is 0.286. The summed E-state index contributed by atoms with van der Waals surface area (Å²) in [5.41, 5.74) is 2.19. The smallest absolute Gasteiger partial charge is 0.299 e. The minimum atomic E-state index is -0.340. The minimum absolute atomic E-state index is 0.340. The second-order valence-electron chi connectivity index (χ2n) is 6.87. The van der Waals surface area contributed by atoms with Gasteiger partial charge in [0.2, 0.25) is 0 Å². The lowest BCUT2D eigenvalue weighted by Gasteiger charge is -2.26. The number of likely N-dealkylation sites (tertiary alicyclic amines) is 1. The summed E-state index contributed by atoms with van der Waals surface area (Å²) in [7, 11) is 0. The number of hydrogen-bond acceptors (Lipinski definition) is 5. The van der Waals surface area contributed by atoms with Crippen molar-refractivity contribution < 1.29 is 4.79 Å². The second-order valence-corrected chi connectivity index (χ2v) is 7.73. The summed E-state index contributed by atoms with van der Waals surface area (Å²) < 4.78 is 0. The lowest BCUT2D eigenvalue weighted by molar-refractivity contribution is 0.221. The van der Waals surface area contributed by atoms with Crippen molar-refractivity contribution in [3.8, 4) is 10.6 Å². The highest BCUT2D eigenvalue weighted by Crippen LogP contribution is 2.25. The Labute approximate surface area is 168 Å². The molecule has 1 fully saturated rings. The molecule has 6 nitrogen and oxygen atoms in total. The molecule has 1 aromatic carbocycles. The van der Waals surface area contributed by atoms with E-state index in [9.17, 15) is 4.79 Å². The van der Waals surface area contributed by atoms with Crippen molar-refractivity contribution in [2.45, 2.75) is 25.8 Å². The van der Waals surface area contributed by atoms with Crippen molar-refractivity contribution in [2.75, 3.05) is 23.7 Å². The van der Waals surface area contributed by atoms with Crippen molar-refractivity contribution in [3.63, 3.8) is 0 Å². The molecule has 7 heteroatoms. The molecule has 28 heavy (non-hydrogen) atoms. The monoisotopic (exact) mass is 393 g/mol. The lowest BCUT2D eigenvalue weighted by Crippen LogP contribution is -2.29. The molecular weight excluding hydrogens is 370 g/mol. The van der Waals surface area contributed by atoms with Gasteiger partial charge in [-0.3, -0.25) is 15.5 Å². The Morgan fingerprint density at radius 1 is 1.04 bits per heavy atom. The van der Waals surface area contributed by atoms with Crippen LogP contribution in [0.2, 0.25) is 0 Å². The van der Waals surface area contributed by atoms with Gasteiger partial charge < -0.3 is 0 Å². The van der Waals surface area contributed by atoms with Gasteiger partial charge in [0.05, 0.1) is 0 Å². The summed E-state index contributed by atoms with van der Waals surface area (Å²) in [4.78, 5) is 23.5. The van der Waals surface area contributed by atoms with Crippen LogP contribution in [0.3, 0.4) is 0 Å². The molecule has 1 aliphatic heterocycles. The SMILES string of the molecule is O=C(Nc1cc(CN2CCCCC2)ccn1)Nc1csc(-c2ccccc2)n1. The fourth-order valence-electron chi connectivity index (χ4n) is 3.33. The molecule has 2 aromatic heterocycles. The second kappa shape index (κ2) is 8.95. The third kappa shape index (κ3) is 4.94. The molecule has 0 spiro atoms. The van der Waals surface area contributed by atoms with E-state index < -0.39 is 0 Å². The summed E-state index contributed by atoms with van der Waals surface area (Å²) in [6, 6.07) is 13.5. The van der Waals surface area contributed by atoms with E-state index >= 15 is 0 Å². The zero-order valence-corrected chi connectivity index (χ0v) is 16.4. The molecule has 3 aromatic rings. The van der Waals surface area contributed by atoms with Gasteiger partial charge in [-0.25, -0.2) is 14.8 Å². The first kappa shape index (κ1) is 18.6. The maximum absolute atomic E-state index is 12.3. The van der Waals surface area contributed by atoms with Crippen LogP contribution >= 0.6 is 11.3 Å². The van der Waals surface area contributed by atoms with Crippen molar-refractivity contribution in [1.29, 1.82) is 0 Å². The molecule has 144 valence electrons. The molecule has 3 heterocycles. The summed E-state index contributed by atoms with van der Waals surface area (Å²) in [6.45, 7) is 3.17. The van der Waals surface area contributed by atoms with Crippen LogP contribution in [0.4, 0.5) is 16.4 Å². The number of carbonyl (C=O) groups is 1. The van der Waals surface area contributed by atoms with E-state index in [4.69, 9.17) is 0 Å². The Morgan fingerprint density at radius 3 is 2.64 bits per heavy atom. The molecule has 1 aliphatic rings. The Morgan fingerprint density at radius 2 is 1.82 bits per heavy atom. The highest BCUT2D eigenvalue weighted by molar-refractivity contribution is 7.13. The number of nitrogens with one attached hydrogen (secondary N) is 2. The van der Waals surface area contributed by atoms with Gasteiger partial charge in [0, 0.05) is 23.7 Å². The summed E-state index contributed by atoms with van der Waals surface area (Å²) in [5, 5.41) is 8.29. The summed E-state index contributed by atoms with van der Waals surface area (Å²) >= 11 is 1.50. The Bertz CT molecular complexity index is 921. The highest BCUT2D eigenvalue weighted by atomic mass is 32.1. The maximum Gasteiger partial charge on any atom is 0.326 e. The molecule has 4 rings (SSSR count). The molecule has 0 aliphatic carbocycles. The molecule has 0 atom stereocenters. The quantitative estimate of drug-likeness (QED) is 0.651. The van der Waals surface area contributed by atoms with Gasteiger partial charge in [0.25, 0.3) is 0 Å². The van der Waals surface area contributed by atoms with Crippen LogP contribution in [0.25, 0.3) is 10.6 Å². The number of thiazole rings is 1. The van der Waals surface area contributed by atoms with Crippen LogP contribution in [0.1, 0.15) is 24.8 Å². The van der Waals surface area contributed by atoms with Crippen molar-refractivity contribution in [2.24, 2.45) is 0 Å². The number of anilines is 2. The Kier molecular flexibility index (Phi) is 5.94. The number of aromatic nitrogens is 2. The Balaban J connectivity index is 1.35. The molecule has 1 saturated heterocycles. The zero-order chi connectivity index (χ0) is 19.2. The minimum Gasteiger partial charge on any atom is -0.299 e. The fourth-order valence-corrected chi connectivity index (χ4v) is 4.08. The molecule has 0 bridgehead atoms. The first-order valence-electron chi connectivity index (χ1n) is 9.52. The maximum atomic E-state index is 12.3.